The van der Waals surface area contributed by atoms with Crippen molar-refractivity contribution in [2.45, 2.75) is 127 Å². The van der Waals surface area contributed by atoms with Crippen LogP contribution in [0.2, 0.25) is 0 Å². The van der Waals surface area contributed by atoms with E-state index in [2.05, 4.69) is 10.6 Å². The van der Waals surface area contributed by atoms with E-state index in [1.54, 1.807) is 0 Å². The Morgan fingerprint density at radius 1 is 0.959 bits per heavy atom. The Bertz CT molecular complexity index is 1320. The number of hydrogen-bond donors (Lipinski definition) is 4. The summed E-state index contributed by atoms with van der Waals surface area (Å²) in [5.74, 6) is -2.85. The molecule has 1 aromatic rings. The number of morpholine rings is 1. The average molecular weight is 706 g/mol. The summed E-state index contributed by atoms with van der Waals surface area (Å²) >= 11 is 0. The smallest absolute Gasteiger partial charge is 0.243 e. The van der Waals surface area contributed by atoms with E-state index in [-0.39, 0.29) is 12.3 Å². The van der Waals surface area contributed by atoms with Crippen molar-refractivity contribution in [3.8, 4) is 0 Å². The molecule has 1 heterocycles. The molecule has 3 amide bonds. The van der Waals surface area contributed by atoms with E-state index >= 15 is 0 Å². The molecule has 4 N–H and O–H groups in total. The number of nitrogens with zero attached hydrogens (tertiary/aromatic N) is 1. The summed E-state index contributed by atoms with van der Waals surface area (Å²) in [6, 6.07) is 7.48. The molecule has 11 nitrogen and oxygen atoms in total. The van der Waals surface area contributed by atoms with Gasteiger partial charge >= 0.3 is 0 Å². The standard InChI is InChI=1S/C37H59N3O8S/c1-4-5-16-30(35(44)39-31(24-27-14-10-7-11-15-27)33(42)32(41)28-17-18-28)38-34(43)29(23-26-12-8-6-9-13-26)25-49(46,47)37(2,3)36(45)40-19-21-48-22-20-40/h6,8-9,12-13,27-33,41-42H,4-5,7,10-11,14-25H2,1-3H3,(H,38,43)(H,39,44)/t29-,30+,31+,32+,33-/m1/s1. The quantitative estimate of drug-likeness (QED) is 0.181. The maximum Gasteiger partial charge on any atom is 0.243 e. The van der Waals surface area contributed by atoms with Crippen LogP contribution in [0.15, 0.2) is 30.3 Å². The third-order valence-corrected chi connectivity index (χ3v) is 13.3. The van der Waals surface area contributed by atoms with Crippen LogP contribution in [0.25, 0.3) is 0 Å². The summed E-state index contributed by atoms with van der Waals surface area (Å²) in [6.45, 7) is 6.03. The van der Waals surface area contributed by atoms with Crippen molar-refractivity contribution >= 4 is 27.6 Å². The first-order chi connectivity index (χ1) is 23.3. The summed E-state index contributed by atoms with van der Waals surface area (Å²) in [4.78, 5) is 43.0. The monoisotopic (exact) mass is 705 g/mol. The fourth-order valence-corrected chi connectivity index (χ4v) is 8.76. The fraction of sp³-hybridized carbons (Fsp3) is 0.757. The number of ether oxygens (including phenoxy) is 1. The molecule has 2 aliphatic carbocycles. The normalized spacial score (nSPS) is 20.9. The van der Waals surface area contributed by atoms with Crippen molar-refractivity contribution in [2.24, 2.45) is 17.8 Å². The highest BCUT2D eigenvalue weighted by Gasteiger charge is 2.46. The van der Waals surface area contributed by atoms with Crippen molar-refractivity contribution in [3.63, 3.8) is 0 Å². The van der Waals surface area contributed by atoms with E-state index in [4.69, 9.17) is 4.74 Å². The molecule has 1 aromatic carbocycles. The minimum atomic E-state index is -4.16. The van der Waals surface area contributed by atoms with Crippen LogP contribution in [0.5, 0.6) is 0 Å². The molecule has 49 heavy (non-hydrogen) atoms. The van der Waals surface area contributed by atoms with Gasteiger partial charge in [0.05, 0.1) is 37.0 Å². The number of rotatable bonds is 18. The lowest BCUT2D eigenvalue weighted by atomic mass is 9.82. The number of sulfone groups is 1. The van der Waals surface area contributed by atoms with Gasteiger partial charge in [-0.2, -0.15) is 0 Å². The average Bonchev–Trinajstić information content (AvgIpc) is 3.95. The first-order valence-electron chi connectivity index (χ1n) is 18.4. The number of carbonyl (C=O) groups is 3. The van der Waals surface area contributed by atoms with Crippen molar-refractivity contribution in [3.05, 3.63) is 35.9 Å². The SMILES string of the molecule is CCCC[C@H](NC(=O)[C@H](Cc1ccccc1)CS(=O)(=O)C(C)(C)C(=O)N1CCOCC1)C(=O)N[C@@H](CC1CCCCC1)[C@@H](O)[C@@H](O)C1CC1. The first kappa shape index (κ1) is 39.2. The van der Waals surface area contributed by atoms with Gasteiger partial charge in [-0.3, -0.25) is 14.4 Å². The van der Waals surface area contributed by atoms with Gasteiger partial charge < -0.3 is 30.5 Å². The molecule has 2 saturated carbocycles. The second kappa shape index (κ2) is 18.1. The lowest BCUT2D eigenvalue weighted by Crippen LogP contribution is -2.57. The maximum atomic E-state index is 14.1. The Labute approximate surface area is 292 Å². The van der Waals surface area contributed by atoms with E-state index in [1.165, 1.54) is 25.2 Å². The Balaban J connectivity index is 1.53. The summed E-state index contributed by atoms with van der Waals surface area (Å²) < 4.78 is 31.5. The molecule has 0 unspecified atom stereocenters. The first-order valence-corrected chi connectivity index (χ1v) is 20.1. The molecular formula is C37H59N3O8S. The van der Waals surface area contributed by atoms with Crippen LogP contribution in [0, 0.1) is 17.8 Å². The lowest BCUT2D eigenvalue weighted by Gasteiger charge is -2.35. The van der Waals surface area contributed by atoms with E-state index in [1.807, 2.05) is 37.3 Å². The minimum absolute atomic E-state index is 0.0245. The molecule has 0 spiro atoms. The van der Waals surface area contributed by atoms with Gasteiger partial charge in [-0.15, -0.1) is 0 Å². The zero-order chi connectivity index (χ0) is 35.6. The largest absolute Gasteiger partial charge is 0.390 e. The van der Waals surface area contributed by atoms with Crippen LogP contribution in [-0.2, 0) is 35.4 Å². The summed E-state index contributed by atoms with van der Waals surface area (Å²) in [6.07, 6.45) is 7.42. The van der Waals surface area contributed by atoms with E-state index in [0.29, 0.717) is 51.5 Å². The van der Waals surface area contributed by atoms with Crippen LogP contribution < -0.4 is 10.6 Å². The molecule has 3 fully saturated rings. The number of amides is 3. The summed E-state index contributed by atoms with van der Waals surface area (Å²) in [5, 5.41) is 28.0. The Morgan fingerprint density at radius 2 is 1.61 bits per heavy atom. The highest BCUT2D eigenvalue weighted by atomic mass is 32.2. The predicted molar refractivity (Wildman–Crippen MR) is 188 cm³/mol. The van der Waals surface area contributed by atoms with Crippen molar-refractivity contribution < 1.29 is 37.8 Å². The number of nitrogens with one attached hydrogen (secondary N) is 2. The molecule has 1 aliphatic heterocycles. The molecule has 0 radical (unpaired) electrons. The molecule has 276 valence electrons. The lowest BCUT2D eigenvalue weighted by molar-refractivity contribution is -0.137. The van der Waals surface area contributed by atoms with E-state index < -0.39 is 68.3 Å². The zero-order valence-electron chi connectivity index (χ0n) is 29.6. The molecule has 0 bridgehead atoms. The fourth-order valence-electron chi connectivity index (χ4n) is 7.15. The topological polar surface area (TPSA) is 162 Å². The minimum Gasteiger partial charge on any atom is -0.390 e. The number of aliphatic hydroxyl groups excluding tert-OH is 2. The van der Waals surface area contributed by atoms with Gasteiger partial charge in [0.1, 0.15) is 16.9 Å². The Hall–Kier alpha value is -2.54. The van der Waals surface area contributed by atoms with Gasteiger partial charge in [0, 0.05) is 13.1 Å². The molecule has 1 saturated heterocycles. The van der Waals surface area contributed by atoms with Crippen LogP contribution >= 0.6 is 0 Å². The zero-order valence-corrected chi connectivity index (χ0v) is 30.5. The van der Waals surface area contributed by atoms with Crippen LogP contribution in [-0.4, -0.2) is 102 Å². The van der Waals surface area contributed by atoms with Gasteiger partial charge in [0.15, 0.2) is 9.84 Å². The predicted octanol–water partition coefficient (Wildman–Crippen LogP) is 3.16. The molecule has 5 atom stereocenters. The Morgan fingerprint density at radius 3 is 2.22 bits per heavy atom. The second-order valence-corrected chi connectivity index (χ2v) is 17.5. The van der Waals surface area contributed by atoms with Crippen LogP contribution in [0.4, 0.5) is 0 Å². The maximum absolute atomic E-state index is 14.1. The molecule has 12 heteroatoms. The number of hydrogen-bond acceptors (Lipinski definition) is 8. The molecule has 0 aromatic heterocycles. The van der Waals surface area contributed by atoms with Crippen LogP contribution in [0.1, 0.15) is 97.0 Å². The van der Waals surface area contributed by atoms with E-state index in [0.717, 1.165) is 50.5 Å². The number of benzene rings is 1. The van der Waals surface area contributed by atoms with Crippen molar-refractivity contribution in [2.75, 3.05) is 32.1 Å². The Kier molecular flexibility index (Phi) is 14.5. The number of unbranched alkanes of at least 4 members (excludes halogenated alkanes) is 1. The van der Waals surface area contributed by atoms with Gasteiger partial charge in [-0.25, -0.2) is 8.42 Å². The number of carbonyl (C=O) groups excluding carboxylic acids is 3. The van der Waals surface area contributed by atoms with Crippen molar-refractivity contribution in [1.29, 1.82) is 0 Å². The third kappa shape index (κ3) is 11.0. The highest BCUT2D eigenvalue weighted by Crippen LogP contribution is 2.36. The number of aliphatic hydroxyl groups is 2. The van der Waals surface area contributed by atoms with Gasteiger partial charge in [-0.1, -0.05) is 82.2 Å². The molecular weight excluding hydrogens is 646 g/mol. The second-order valence-electron chi connectivity index (χ2n) is 15.0. The van der Waals surface area contributed by atoms with Crippen LogP contribution in [0.3, 0.4) is 0 Å². The third-order valence-electron chi connectivity index (χ3n) is 10.7. The van der Waals surface area contributed by atoms with Gasteiger partial charge in [0.2, 0.25) is 17.7 Å². The van der Waals surface area contributed by atoms with Crippen molar-refractivity contribution in [1.82, 2.24) is 15.5 Å². The summed E-state index contributed by atoms with van der Waals surface area (Å²) in [5.41, 5.74) is 0.759. The van der Waals surface area contributed by atoms with Gasteiger partial charge in [-0.05, 0) is 63.4 Å². The van der Waals surface area contributed by atoms with Gasteiger partial charge in [0.25, 0.3) is 0 Å². The summed E-state index contributed by atoms with van der Waals surface area (Å²) in [7, 11) is -4.16. The highest BCUT2D eigenvalue weighted by molar-refractivity contribution is 7.93. The molecule has 4 rings (SSSR count). The molecule has 3 aliphatic rings. The van der Waals surface area contributed by atoms with E-state index in [9.17, 15) is 33.0 Å².